The molecule has 0 saturated heterocycles. The van der Waals surface area contributed by atoms with Gasteiger partial charge in [-0.15, -0.1) is 11.5 Å². The first-order valence-electron chi connectivity index (χ1n) is 5.33. The Morgan fingerprint density at radius 2 is 1.08 bits per heavy atom. The minimum Gasteiger partial charge on any atom is -0.131 e. The van der Waals surface area contributed by atoms with Gasteiger partial charge in [0.1, 0.15) is 8.07 Å². The van der Waals surface area contributed by atoms with Crippen LogP contribution < -0.4 is 0 Å². The number of rotatable bonds is 3. The Morgan fingerprint density at radius 3 is 1.15 bits per heavy atom. The molecule has 0 aliphatic rings. The highest BCUT2D eigenvalue weighted by atomic mass is 28.3. The molecule has 0 aromatic heterocycles. The van der Waals surface area contributed by atoms with Gasteiger partial charge in [-0.1, -0.05) is 41.5 Å². The van der Waals surface area contributed by atoms with Crippen molar-refractivity contribution in [3.63, 3.8) is 0 Å². The lowest BCUT2D eigenvalue weighted by Gasteiger charge is -2.38. The molecule has 0 unspecified atom stereocenters. The molecule has 0 fully saturated rings. The van der Waals surface area contributed by atoms with Crippen LogP contribution in [0.3, 0.4) is 0 Å². The van der Waals surface area contributed by atoms with E-state index >= 15 is 0 Å². The predicted octanol–water partition coefficient (Wildman–Crippen LogP) is 4.23. The largest absolute Gasteiger partial charge is 0.145 e. The zero-order valence-electron chi connectivity index (χ0n) is 10.2. The Bertz CT molecular complexity index is 181. The molecule has 0 aliphatic heterocycles. The van der Waals surface area contributed by atoms with Crippen LogP contribution in [0.1, 0.15) is 48.5 Å². The molecule has 0 spiro atoms. The Labute approximate surface area is 85.1 Å². The van der Waals surface area contributed by atoms with Crippen LogP contribution in [0, 0.1) is 11.5 Å². The molecule has 13 heavy (non-hydrogen) atoms. The standard InChI is InChI=1S/C12H24Si/c1-8-9-13(10(2)3,11(4)5)12(6)7/h10-12H,1-7H3. The quantitative estimate of drug-likeness (QED) is 0.468. The van der Waals surface area contributed by atoms with Crippen molar-refractivity contribution in [1.29, 1.82) is 0 Å². The third kappa shape index (κ3) is 2.37. The van der Waals surface area contributed by atoms with Crippen LogP contribution in [-0.4, -0.2) is 8.07 Å². The minimum absolute atomic E-state index is 0.764. The van der Waals surface area contributed by atoms with Gasteiger partial charge in [0.15, 0.2) is 0 Å². The topological polar surface area (TPSA) is 0 Å². The van der Waals surface area contributed by atoms with Crippen LogP contribution in [0.15, 0.2) is 0 Å². The lowest BCUT2D eigenvalue weighted by atomic mass is 10.5. The molecule has 0 heterocycles. The van der Waals surface area contributed by atoms with Crippen molar-refractivity contribution in [3.05, 3.63) is 0 Å². The molecule has 0 N–H and O–H groups in total. The average Bonchev–Trinajstić information content (AvgIpc) is 1.97. The predicted molar refractivity (Wildman–Crippen MR) is 64.5 cm³/mol. The monoisotopic (exact) mass is 196 g/mol. The van der Waals surface area contributed by atoms with Gasteiger partial charge in [-0.2, -0.15) is 0 Å². The van der Waals surface area contributed by atoms with E-state index in [0.29, 0.717) is 0 Å². The normalized spacial score (nSPS) is 12.2. The van der Waals surface area contributed by atoms with Crippen molar-refractivity contribution < 1.29 is 0 Å². The summed E-state index contributed by atoms with van der Waals surface area (Å²) >= 11 is 0. The highest BCUT2D eigenvalue weighted by molar-refractivity contribution is 6.90. The van der Waals surface area contributed by atoms with Gasteiger partial charge in [-0.3, -0.25) is 0 Å². The van der Waals surface area contributed by atoms with Crippen molar-refractivity contribution in [1.82, 2.24) is 0 Å². The van der Waals surface area contributed by atoms with Gasteiger partial charge >= 0.3 is 0 Å². The lowest BCUT2D eigenvalue weighted by molar-refractivity contribution is 0.838. The molecule has 0 atom stereocenters. The molecule has 0 aromatic carbocycles. The van der Waals surface area contributed by atoms with E-state index in [1.807, 2.05) is 6.92 Å². The van der Waals surface area contributed by atoms with Gasteiger partial charge in [-0.05, 0) is 23.5 Å². The summed E-state index contributed by atoms with van der Waals surface area (Å²) in [6.07, 6.45) is 0. The fourth-order valence-corrected chi connectivity index (χ4v) is 7.95. The second-order valence-corrected chi connectivity index (χ2v) is 10.4. The highest BCUT2D eigenvalue weighted by Crippen LogP contribution is 2.40. The Morgan fingerprint density at radius 1 is 0.769 bits per heavy atom. The smallest absolute Gasteiger partial charge is 0.131 e. The van der Waals surface area contributed by atoms with Gasteiger partial charge in [0.25, 0.3) is 0 Å². The summed E-state index contributed by atoms with van der Waals surface area (Å²) < 4.78 is 0. The maximum Gasteiger partial charge on any atom is 0.145 e. The van der Waals surface area contributed by atoms with E-state index in [2.05, 4.69) is 53.0 Å². The van der Waals surface area contributed by atoms with E-state index in [9.17, 15) is 0 Å². The maximum atomic E-state index is 3.58. The SMILES string of the molecule is CC#C[Si](C(C)C)(C(C)C)C(C)C. The minimum atomic E-state index is -1.39. The molecule has 0 amide bonds. The molecule has 0 aromatic rings. The molecular formula is C12H24Si. The first kappa shape index (κ1) is 12.8. The van der Waals surface area contributed by atoms with Crippen molar-refractivity contribution >= 4 is 8.07 Å². The molecule has 0 nitrogen and oxygen atoms in total. The van der Waals surface area contributed by atoms with Crippen LogP contribution in [0.25, 0.3) is 0 Å². The number of hydrogen-bond donors (Lipinski definition) is 0. The molecular weight excluding hydrogens is 172 g/mol. The van der Waals surface area contributed by atoms with E-state index in [1.54, 1.807) is 0 Å². The maximum absolute atomic E-state index is 3.58. The fraction of sp³-hybridized carbons (Fsp3) is 0.833. The van der Waals surface area contributed by atoms with Crippen molar-refractivity contribution in [3.8, 4) is 11.5 Å². The Balaban J connectivity index is 5.14. The second-order valence-electron chi connectivity index (χ2n) is 4.77. The molecule has 0 rings (SSSR count). The summed E-state index contributed by atoms with van der Waals surface area (Å²) in [5.74, 6) is 3.16. The van der Waals surface area contributed by atoms with E-state index < -0.39 is 8.07 Å². The molecule has 0 aliphatic carbocycles. The third-order valence-electron chi connectivity index (χ3n) is 3.21. The van der Waals surface area contributed by atoms with Crippen LogP contribution in [0.4, 0.5) is 0 Å². The average molecular weight is 196 g/mol. The van der Waals surface area contributed by atoms with Crippen LogP contribution in [0.2, 0.25) is 16.6 Å². The first-order chi connectivity index (χ1) is 5.89. The molecule has 0 saturated carbocycles. The first-order valence-corrected chi connectivity index (χ1v) is 7.56. The van der Waals surface area contributed by atoms with Crippen molar-refractivity contribution in [2.45, 2.75) is 65.1 Å². The van der Waals surface area contributed by atoms with Crippen LogP contribution in [-0.2, 0) is 0 Å². The summed E-state index contributed by atoms with van der Waals surface area (Å²) in [6, 6.07) is 0. The molecule has 0 radical (unpaired) electrons. The zero-order chi connectivity index (χ0) is 10.6. The molecule has 1 heteroatoms. The summed E-state index contributed by atoms with van der Waals surface area (Å²) in [6.45, 7) is 16.0. The van der Waals surface area contributed by atoms with E-state index in [-0.39, 0.29) is 0 Å². The van der Waals surface area contributed by atoms with Crippen LogP contribution in [0.5, 0.6) is 0 Å². The van der Waals surface area contributed by atoms with Crippen LogP contribution >= 0.6 is 0 Å². The number of hydrogen-bond acceptors (Lipinski definition) is 0. The lowest BCUT2D eigenvalue weighted by Crippen LogP contribution is -2.43. The van der Waals surface area contributed by atoms with E-state index in [0.717, 1.165) is 16.6 Å². The van der Waals surface area contributed by atoms with Crippen molar-refractivity contribution in [2.75, 3.05) is 0 Å². The summed E-state index contributed by atoms with van der Waals surface area (Å²) in [5, 5.41) is 0. The van der Waals surface area contributed by atoms with E-state index in [4.69, 9.17) is 0 Å². The van der Waals surface area contributed by atoms with Gasteiger partial charge in [0.05, 0.1) is 0 Å². The van der Waals surface area contributed by atoms with Gasteiger partial charge < -0.3 is 0 Å². The van der Waals surface area contributed by atoms with Gasteiger partial charge in [-0.25, -0.2) is 0 Å². The molecule has 0 bridgehead atoms. The highest BCUT2D eigenvalue weighted by Gasteiger charge is 2.41. The van der Waals surface area contributed by atoms with Gasteiger partial charge in [0, 0.05) is 0 Å². The van der Waals surface area contributed by atoms with Gasteiger partial charge in [0.2, 0.25) is 0 Å². The summed E-state index contributed by atoms with van der Waals surface area (Å²) in [7, 11) is -1.39. The Kier molecular flexibility index (Phi) is 4.78. The summed E-state index contributed by atoms with van der Waals surface area (Å²) in [4.78, 5) is 0. The molecule has 76 valence electrons. The second kappa shape index (κ2) is 4.86. The summed E-state index contributed by atoms with van der Waals surface area (Å²) in [5.41, 5.74) is 5.87. The van der Waals surface area contributed by atoms with Crippen molar-refractivity contribution in [2.24, 2.45) is 0 Å². The fourth-order valence-electron chi connectivity index (χ4n) is 2.65. The zero-order valence-corrected chi connectivity index (χ0v) is 11.2. The third-order valence-corrected chi connectivity index (χ3v) is 9.62. The van der Waals surface area contributed by atoms with E-state index in [1.165, 1.54) is 0 Å². The Hall–Kier alpha value is -0.223.